The number of rotatable bonds is 5. The van der Waals surface area contributed by atoms with E-state index in [9.17, 15) is 17.6 Å². The van der Waals surface area contributed by atoms with Crippen LogP contribution in [0.25, 0.3) is 0 Å². The highest BCUT2D eigenvalue weighted by Gasteiger charge is 2.37. The summed E-state index contributed by atoms with van der Waals surface area (Å²) in [5, 5.41) is 0. The van der Waals surface area contributed by atoms with E-state index in [1.54, 1.807) is 0 Å². The Balaban J connectivity index is 0.00000324. The van der Waals surface area contributed by atoms with Gasteiger partial charge in [0.05, 0.1) is 5.56 Å². The lowest BCUT2D eigenvalue weighted by Gasteiger charge is -2.18. The van der Waals surface area contributed by atoms with E-state index in [0.717, 1.165) is 6.07 Å². The van der Waals surface area contributed by atoms with Crippen LogP contribution in [0.2, 0.25) is 0 Å². The average molecular weight is 301 g/mol. The van der Waals surface area contributed by atoms with E-state index in [2.05, 4.69) is 0 Å². The Kier molecular flexibility index (Phi) is 7.33. The summed E-state index contributed by atoms with van der Waals surface area (Å²) in [5.41, 5.74) is 9.54. The van der Waals surface area contributed by atoms with Crippen LogP contribution in [-0.2, 0) is 6.18 Å². The monoisotopic (exact) mass is 300 g/mol. The molecule has 1 aromatic carbocycles. The molecule has 4 N–H and O–H groups in total. The van der Waals surface area contributed by atoms with Gasteiger partial charge in [0.15, 0.2) is 0 Å². The molecule has 0 aliphatic rings. The van der Waals surface area contributed by atoms with Gasteiger partial charge in [0, 0.05) is 6.04 Å². The summed E-state index contributed by atoms with van der Waals surface area (Å²) in [6.45, 7) is 0.460. The molecule has 19 heavy (non-hydrogen) atoms. The van der Waals surface area contributed by atoms with Crippen LogP contribution in [0.1, 0.15) is 36.4 Å². The number of unbranched alkanes of at least 4 members (excludes halogenated alkanes) is 1. The van der Waals surface area contributed by atoms with Gasteiger partial charge in [-0.2, -0.15) is 13.2 Å². The maximum Gasteiger partial charge on any atom is 0.419 e. The SMILES string of the molecule is Cl.NCCCC[C@H](N)c1cccc(F)c1C(F)(F)F. The molecule has 2 nitrogen and oxygen atoms in total. The zero-order valence-electron chi connectivity index (χ0n) is 10.2. The molecule has 0 saturated heterocycles. The van der Waals surface area contributed by atoms with Crippen molar-refractivity contribution in [2.24, 2.45) is 11.5 Å². The molecule has 0 aliphatic carbocycles. The van der Waals surface area contributed by atoms with Crippen LogP contribution in [0.15, 0.2) is 18.2 Å². The topological polar surface area (TPSA) is 52.0 Å². The van der Waals surface area contributed by atoms with Crippen molar-refractivity contribution in [3.05, 3.63) is 35.1 Å². The summed E-state index contributed by atoms with van der Waals surface area (Å²) < 4.78 is 51.5. The van der Waals surface area contributed by atoms with Crippen molar-refractivity contribution >= 4 is 12.4 Å². The van der Waals surface area contributed by atoms with Crippen LogP contribution >= 0.6 is 12.4 Å². The maximum absolute atomic E-state index is 13.3. The molecule has 1 aromatic rings. The lowest BCUT2D eigenvalue weighted by molar-refractivity contribution is -0.140. The van der Waals surface area contributed by atoms with Gasteiger partial charge in [-0.3, -0.25) is 0 Å². The molecule has 0 unspecified atom stereocenters. The molecule has 0 saturated carbocycles. The second kappa shape index (κ2) is 7.67. The minimum Gasteiger partial charge on any atom is -0.330 e. The fraction of sp³-hybridized carbons (Fsp3) is 0.500. The summed E-state index contributed by atoms with van der Waals surface area (Å²) in [6.07, 6.45) is -3.08. The molecular weight excluding hydrogens is 284 g/mol. The minimum absolute atomic E-state index is 0. The number of alkyl halides is 3. The summed E-state index contributed by atoms with van der Waals surface area (Å²) in [5.74, 6) is -1.28. The van der Waals surface area contributed by atoms with E-state index in [1.807, 2.05) is 0 Å². The van der Waals surface area contributed by atoms with Crippen molar-refractivity contribution in [3.8, 4) is 0 Å². The van der Waals surface area contributed by atoms with E-state index in [-0.39, 0.29) is 18.0 Å². The van der Waals surface area contributed by atoms with Crippen LogP contribution in [0.3, 0.4) is 0 Å². The van der Waals surface area contributed by atoms with Gasteiger partial charge >= 0.3 is 6.18 Å². The smallest absolute Gasteiger partial charge is 0.330 e. The van der Waals surface area contributed by atoms with Crippen molar-refractivity contribution in [3.63, 3.8) is 0 Å². The highest BCUT2D eigenvalue weighted by atomic mass is 35.5. The van der Waals surface area contributed by atoms with E-state index in [0.29, 0.717) is 25.8 Å². The normalized spacial score (nSPS) is 12.9. The lowest BCUT2D eigenvalue weighted by atomic mass is 9.96. The first-order valence-electron chi connectivity index (χ1n) is 5.69. The highest BCUT2D eigenvalue weighted by Crippen LogP contribution is 2.36. The fourth-order valence-corrected chi connectivity index (χ4v) is 1.81. The average Bonchev–Trinajstić information content (AvgIpc) is 2.27. The summed E-state index contributed by atoms with van der Waals surface area (Å²) in [6, 6.07) is 2.42. The van der Waals surface area contributed by atoms with Crippen molar-refractivity contribution in [2.75, 3.05) is 6.54 Å². The number of halogens is 5. The summed E-state index contributed by atoms with van der Waals surface area (Å²) >= 11 is 0. The van der Waals surface area contributed by atoms with Crippen LogP contribution in [0.5, 0.6) is 0 Å². The number of hydrogen-bond donors (Lipinski definition) is 2. The minimum atomic E-state index is -4.73. The number of hydrogen-bond acceptors (Lipinski definition) is 2. The van der Waals surface area contributed by atoms with Crippen molar-refractivity contribution < 1.29 is 17.6 Å². The van der Waals surface area contributed by atoms with Gasteiger partial charge in [0.1, 0.15) is 5.82 Å². The molecule has 110 valence electrons. The van der Waals surface area contributed by atoms with Gasteiger partial charge in [-0.05, 0) is 31.0 Å². The molecule has 0 amide bonds. The third-order valence-corrected chi connectivity index (χ3v) is 2.70. The Hall–Kier alpha value is -0.850. The van der Waals surface area contributed by atoms with Gasteiger partial charge in [-0.15, -0.1) is 12.4 Å². The van der Waals surface area contributed by atoms with E-state index < -0.39 is 23.6 Å². The molecule has 0 bridgehead atoms. The van der Waals surface area contributed by atoms with Gasteiger partial charge in [0.2, 0.25) is 0 Å². The van der Waals surface area contributed by atoms with Crippen LogP contribution < -0.4 is 11.5 Å². The van der Waals surface area contributed by atoms with E-state index >= 15 is 0 Å². The predicted molar refractivity (Wildman–Crippen MR) is 68.5 cm³/mol. The zero-order chi connectivity index (χ0) is 13.8. The first-order valence-corrected chi connectivity index (χ1v) is 5.69. The molecule has 1 rings (SSSR count). The quantitative estimate of drug-likeness (QED) is 0.647. The molecule has 1 atom stereocenters. The Labute approximate surface area is 115 Å². The van der Waals surface area contributed by atoms with Crippen molar-refractivity contribution in [1.29, 1.82) is 0 Å². The largest absolute Gasteiger partial charge is 0.419 e. The summed E-state index contributed by atoms with van der Waals surface area (Å²) in [7, 11) is 0. The van der Waals surface area contributed by atoms with Crippen molar-refractivity contribution in [1.82, 2.24) is 0 Å². The third-order valence-electron chi connectivity index (χ3n) is 2.70. The first kappa shape index (κ1) is 18.1. The van der Waals surface area contributed by atoms with Crippen LogP contribution in [0, 0.1) is 5.82 Å². The van der Waals surface area contributed by atoms with E-state index in [4.69, 9.17) is 11.5 Å². The Morgan fingerprint density at radius 3 is 2.32 bits per heavy atom. The van der Waals surface area contributed by atoms with E-state index in [1.165, 1.54) is 12.1 Å². The molecular formula is C12H17ClF4N2. The lowest BCUT2D eigenvalue weighted by Crippen LogP contribution is -2.19. The maximum atomic E-state index is 13.3. The van der Waals surface area contributed by atoms with Crippen molar-refractivity contribution in [2.45, 2.75) is 31.5 Å². The third kappa shape index (κ3) is 4.97. The predicted octanol–water partition coefficient (Wildman–Crippen LogP) is 3.40. The Morgan fingerprint density at radius 1 is 1.16 bits per heavy atom. The van der Waals surface area contributed by atoms with Gasteiger partial charge in [0.25, 0.3) is 0 Å². The zero-order valence-corrected chi connectivity index (χ0v) is 11.0. The molecule has 0 aliphatic heterocycles. The molecule has 0 heterocycles. The molecule has 0 radical (unpaired) electrons. The second-order valence-electron chi connectivity index (χ2n) is 4.09. The number of benzene rings is 1. The molecule has 7 heteroatoms. The molecule has 0 spiro atoms. The molecule has 0 fully saturated rings. The fourth-order valence-electron chi connectivity index (χ4n) is 1.81. The van der Waals surface area contributed by atoms with Gasteiger partial charge in [-0.1, -0.05) is 18.6 Å². The second-order valence-corrected chi connectivity index (χ2v) is 4.09. The first-order chi connectivity index (χ1) is 8.38. The standard InChI is InChI=1S/C12H16F4N2.ClH/c13-9-5-3-4-8(11(9)12(14,15)16)10(18)6-1-2-7-17;/h3-5,10H,1-2,6-7,17-18H2;1H/t10-;/m0./s1. The Bertz CT molecular complexity index is 396. The van der Waals surface area contributed by atoms with Crippen LogP contribution in [-0.4, -0.2) is 6.54 Å². The molecule has 0 aromatic heterocycles. The number of nitrogens with two attached hydrogens (primary N) is 2. The van der Waals surface area contributed by atoms with Gasteiger partial charge < -0.3 is 11.5 Å². The van der Waals surface area contributed by atoms with Gasteiger partial charge in [-0.25, -0.2) is 4.39 Å². The highest BCUT2D eigenvalue weighted by molar-refractivity contribution is 5.85. The Morgan fingerprint density at radius 2 is 1.79 bits per heavy atom. The van der Waals surface area contributed by atoms with Crippen LogP contribution in [0.4, 0.5) is 17.6 Å². The summed E-state index contributed by atoms with van der Waals surface area (Å²) in [4.78, 5) is 0.